The SMILES string of the molecule is CC(C)(NC(=O)Cc1ccn[nH]1)C(=O)O. The summed E-state index contributed by atoms with van der Waals surface area (Å²) in [4.78, 5) is 22.1. The molecule has 1 amide bonds. The van der Waals surface area contributed by atoms with E-state index in [1.54, 1.807) is 6.07 Å². The zero-order valence-corrected chi connectivity index (χ0v) is 8.57. The van der Waals surface area contributed by atoms with Gasteiger partial charge >= 0.3 is 5.97 Å². The molecule has 1 rings (SSSR count). The van der Waals surface area contributed by atoms with Gasteiger partial charge in [0.1, 0.15) is 5.54 Å². The second-order valence-electron chi connectivity index (χ2n) is 3.74. The molecule has 0 bridgehead atoms. The summed E-state index contributed by atoms with van der Waals surface area (Å²) in [7, 11) is 0. The maximum absolute atomic E-state index is 11.4. The van der Waals surface area contributed by atoms with Gasteiger partial charge in [-0.2, -0.15) is 5.10 Å². The van der Waals surface area contributed by atoms with Gasteiger partial charge in [0.2, 0.25) is 5.91 Å². The third kappa shape index (κ3) is 3.08. The van der Waals surface area contributed by atoms with Gasteiger partial charge in [-0.3, -0.25) is 9.89 Å². The number of hydrogen-bond donors (Lipinski definition) is 3. The average molecular weight is 211 g/mol. The van der Waals surface area contributed by atoms with Crippen LogP contribution in [0.4, 0.5) is 0 Å². The number of carbonyl (C=O) groups excluding carboxylic acids is 1. The maximum Gasteiger partial charge on any atom is 0.328 e. The topological polar surface area (TPSA) is 95.1 Å². The first-order valence-corrected chi connectivity index (χ1v) is 4.44. The van der Waals surface area contributed by atoms with Crippen molar-refractivity contribution >= 4 is 11.9 Å². The van der Waals surface area contributed by atoms with E-state index in [9.17, 15) is 9.59 Å². The standard InChI is InChI=1S/C9H13N3O3/c1-9(2,8(14)15)11-7(13)5-6-3-4-10-12-6/h3-4H,5H2,1-2H3,(H,10,12)(H,11,13)(H,14,15). The van der Waals surface area contributed by atoms with Gasteiger partial charge in [-0.05, 0) is 19.9 Å². The minimum absolute atomic E-state index is 0.0940. The molecule has 6 heteroatoms. The molecule has 0 atom stereocenters. The van der Waals surface area contributed by atoms with Gasteiger partial charge in [-0.1, -0.05) is 0 Å². The van der Waals surface area contributed by atoms with Crippen LogP contribution < -0.4 is 5.32 Å². The molecule has 3 N–H and O–H groups in total. The Labute approximate surface area is 86.7 Å². The van der Waals surface area contributed by atoms with E-state index in [0.717, 1.165) is 0 Å². The van der Waals surface area contributed by atoms with Crippen LogP contribution in [0.25, 0.3) is 0 Å². The predicted octanol–water partition coefficient (Wildman–Crippen LogP) is -0.0684. The van der Waals surface area contributed by atoms with E-state index < -0.39 is 11.5 Å². The Kier molecular flexibility index (Phi) is 3.08. The van der Waals surface area contributed by atoms with Gasteiger partial charge in [-0.25, -0.2) is 4.79 Å². The predicted molar refractivity (Wildman–Crippen MR) is 52.1 cm³/mol. The molecule has 1 aromatic rings. The van der Waals surface area contributed by atoms with Crippen LogP contribution in [0.5, 0.6) is 0 Å². The average Bonchev–Trinajstić information content (AvgIpc) is 2.54. The molecule has 0 aliphatic heterocycles. The van der Waals surface area contributed by atoms with Crippen molar-refractivity contribution in [1.82, 2.24) is 15.5 Å². The zero-order valence-electron chi connectivity index (χ0n) is 8.57. The first-order chi connectivity index (χ1) is 6.92. The lowest BCUT2D eigenvalue weighted by molar-refractivity contribution is -0.145. The normalized spacial score (nSPS) is 11.1. The molecular weight excluding hydrogens is 198 g/mol. The van der Waals surface area contributed by atoms with Gasteiger partial charge in [0, 0.05) is 11.9 Å². The van der Waals surface area contributed by atoms with E-state index in [-0.39, 0.29) is 12.3 Å². The number of carboxylic acids is 1. The van der Waals surface area contributed by atoms with Crippen molar-refractivity contribution in [2.24, 2.45) is 0 Å². The van der Waals surface area contributed by atoms with Crippen LogP contribution in [0.1, 0.15) is 19.5 Å². The second kappa shape index (κ2) is 4.12. The number of carboxylic acid groups (broad SMARTS) is 1. The van der Waals surface area contributed by atoms with Crippen LogP contribution in [0, 0.1) is 0 Å². The molecule has 0 unspecified atom stereocenters. The lowest BCUT2D eigenvalue weighted by Crippen LogP contribution is -2.50. The fourth-order valence-electron chi connectivity index (χ4n) is 1.00. The minimum atomic E-state index is -1.25. The van der Waals surface area contributed by atoms with E-state index in [1.807, 2.05) is 0 Å². The lowest BCUT2D eigenvalue weighted by Gasteiger charge is -2.20. The highest BCUT2D eigenvalue weighted by atomic mass is 16.4. The van der Waals surface area contributed by atoms with E-state index in [0.29, 0.717) is 5.69 Å². The molecule has 15 heavy (non-hydrogen) atoms. The number of amides is 1. The summed E-state index contributed by atoms with van der Waals surface area (Å²) in [5.74, 6) is -1.42. The first-order valence-electron chi connectivity index (χ1n) is 4.44. The monoisotopic (exact) mass is 211 g/mol. The molecule has 0 aromatic carbocycles. The van der Waals surface area contributed by atoms with Crippen molar-refractivity contribution in [3.05, 3.63) is 18.0 Å². The van der Waals surface area contributed by atoms with E-state index in [2.05, 4.69) is 15.5 Å². The highest BCUT2D eigenvalue weighted by Crippen LogP contribution is 2.03. The van der Waals surface area contributed by atoms with Crippen molar-refractivity contribution in [3.8, 4) is 0 Å². The Morgan fingerprint density at radius 2 is 2.27 bits per heavy atom. The quantitative estimate of drug-likeness (QED) is 0.649. The summed E-state index contributed by atoms with van der Waals surface area (Å²) in [6, 6.07) is 1.66. The number of carbonyl (C=O) groups is 2. The number of H-pyrrole nitrogens is 1. The summed E-state index contributed by atoms with van der Waals surface area (Å²) in [6.07, 6.45) is 1.63. The third-order valence-corrected chi connectivity index (χ3v) is 1.90. The Morgan fingerprint density at radius 3 is 2.73 bits per heavy atom. The molecule has 0 fully saturated rings. The number of hydrogen-bond acceptors (Lipinski definition) is 3. The number of aliphatic carboxylic acids is 1. The molecule has 0 saturated heterocycles. The van der Waals surface area contributed by atoms with Crippen molar-refractivity contribution in [3.63, 3.8) is 0 Å². The minimum Gasteiger partial charge on any atom is -0.480 e. The number of aromatic nitrogens is 2. The van der Waals surface area contributed by atoms with Gasteiger partial charge < -0.3 is 10.4 Å². The number of aromatic amines is 1. The van der Waals surface area contributed by atoms with Crippen molar-refractivity contribution < 1.29 is 14.7 Å². The highest BCUT2D eigenvalue weighted by molar-refractivity contribution is 5.87. The number of rotatable bonds is 4. The van der Waals surface area contributed by atoms with Gasteiger partial charge in [0.05, 0.1) is 6.42 Å². The van der Waals surface area contributed by atoms with Crippen molar-refractivity contribution in [2.75, 3.05) is 0 Å². The van der Waals surface area contributed by atoms with Crippen molar-refractivity contribution in [1.29, 1.82) is 0 Å². The molecular formula is C9H13N3O3. The first kappa shape index (κ1) is 11.2. The van der Waals surface area contributed by atoms with E-state index in [1.165, 1.54) is 20.0 Å². The fourth-order valence-corrected chi connectivity index (χ4v) is 1.00. The highest BCUT2D eigenvalue weighted by Gasteiger charge is 2.28. The van der Waals surface area contributed by atoms with Gasteiger partial charge in [0.15, 0.2) is 0 Å². The van der Waals surface area contributed by atoms with Gasteiger partial charge in [0.25, 0.3) is 0 Å². The Bertz CT molecular complexity index is 357. The number of nitrogens with zero attached hydrogens (tertiary/aromatic N) is 1. The smallest absolute Gasteiger partial charge is 0.328 e. The summed E-state index contributed by atoms with van der Waals surface area (Å²) in [5.41, 5.74) is -0.606. The molecule has 1 heterocycles. The zero-order chi connectivity index (χ0) is 11.5. The summed E-state index contributed by atoms with van der Waals surface area (Å²) in [6.45, 7) is 2.86. The van der Waals surface area contributed by atoms with Crippen LogP contribution in [0.15, 0.2) is 12.3 Å². The third-order valence-electron chi connectivity index (χ3n) is 1.90. The summed E-state index contributed by atoms with van der Waals surface area (Å²) in [5, 5.41) is 17.5. The molecule has 1 aromatic heterocycles. The van der Waals surface area contributed by atoms with Crippen LogP contribution >= 0.6 is 0 Å². The molecule has 0 radical (unpaired) electrons. The molecule has 0 saturated carbocycles. The molecule has 0 aliphatic rings. The Balaban J connectivity index is 2.53. The van der Waals surface area contributed by atoms with E-state index >= 15 is 0 Å². The summed E-state index contributed by atoms with van der Waals surface area (Å²) < 4.78 is 0. The molecule has 0 aliphatic carbocycles. The van der Waals surface area contributed by atoms with Crippen LogP contribution in [-0.4, -0.2) is 32.7 Å². The largest absolute Gasteiger partial charge is 0.480 e. The lowest BCUT2D eigenvalue weighted by atomic mass is 10.1. The Hall–Kier alpha value is -1.85. The van der Waals surface area contributed by atoms with E-state index in [4.69, 9.17) is 5.11 Å². The Morgan fingerprint density at radius 1 is 1.60 bits per heavy atom. The number of nitrogens with one attached hydrogen (secondary N) is 2. The molecule has 0 spiro atoms. The van der Waals surface area contributed by atoms with Crippen LogP contribution in [0.3, 0.4) is 0 Å². The fraction of sp³-hybridized carbons (Fsp3) is 0.444. The van der Waals surface area contributed by atoms with Crippen LogP contribution in [0.2, 0.25) is 0 Å². The molecule has 6 nitrogen and oxygen atoms in total. The van der Waals surface area contributed by atoms with Gasteiger partial charge in [-0.15, -0.1) is 0 Å². The maximum atomic E-state index is 11.4. The van der Waals surface area contributed by atoms with Crippen LogP contribution in [-0.2, 0) is 16.0 Å². The second-order valence-corrected chi connectivity index (χ2v) is 3.74. The molecule has 82 valence electrons. The summed E-state index contributed by atoms with van der Waals surface area (Å²) >= 11 is 0. The van der Waals surface area contributed by atoms with Crippen molar-refractivity contribution in [2.45, 2.75) is 25.8 Å².